The molecule has 1 heterocycles. The zero-order valence-corrected chi connectivity index (χ0v) is 10.8. The molecule has 0 saturated carbocycles. The van der Waals surface area contributed by atoms with Crippen LogP contribution in [0.1, 0.15) is 30.1 Å². The van der Waals surface area contributed by atoms with Gasteiger partial charge in [-0.15, -0.1) is 11.8 Å². The van der Waals surface area contributed by atoms with Gasteiger partial charge in [-0.05, 0) is 30.7 Å². The highest BCUT2D eigenvalue weighted by molar-refractivity contribution is 7.99. The summed E-state index contributed by atoms with van der Waals surface area (Å²) < 4.78 is 0. The topological polar surface area (TPSA) is 40.5 Å². The van der Waals surface area contributed by atoms with E-state index in [9.17, 15) is 9.90 Å². The van der Waals surface area contributed by atoms with E-state index in [0.717, 1.165) is 42.3 Å². The van der Waals surface area contributed by atoms with E-state index < -0.39 is 5.97 Å². The summed E-state index contributed by atoms with van der Waals surface area (Å²) in [6.07, 6.45) is 2.31. The van der Waals surface area contributed by atoms with Crippen LogP contribution >= 0.6 is 11.8 Å². The van der Waals surface area contributed by atoms with Crippen LogP contribution in [-0.4, -0.2) is 29.9 Å². The average molecular weight is 251 g/mol. The Balaban J connectivity index is 2.42. The minimum atomic E-state index is -0.816. The summed E-state index contributed by atoms with van der Waals surface area (Å²) in [6, 6.07) is 5.78. The molecular formula is C13H17NO2S. The van der Waals surface area contributed by atoms with E-state index in [2.05, 4.69) is 4.90 Å². The number of carboxylic acid groups (broad SMARTS) is 1. The maximum atomic E-state index is 11.4. The molecule has 3 nitrogen and oxygen atoms in total. The van der Waals surface area contributed by atoms with E-state index in [-0.39, 0.29) is 0 Å². The number of aromatic carboxylic acids is 1. The van der Waals surface area contributed by atoms with Crippen molar-refractivity contribution in [3.63, 3.8) is 0 Å². The fourth-order valence-corrected chi connectivity index (χ4v) is 3.05. The molecule has 17 heavy (non-hydrogen) atoms. The predicted octanol–water partition coefficient (Wildman–Crippen LogP) is 3.10. The zero-order valence-electron chi connectivity index (χ0n) is 9.98. The highest BCUT2D eigenvalue weighted by Gasteiger charge is 2.21. The van der Waals surface area contributed by atoms with Gasteiger partial charge in [0.2, 0.25) is 0 Å². The molecule has 4 heteroatoms. The van der Waals surface area contributed by atoms with Crippen LogP contribution in [0.2, 0.25) is 0 Å². The van der Waals surface area contributed by atoms with Crippen molar-refractivity contribution in [2.24, 2.45) is 0 Å². The lowest BCUT2D eigenvalue weighted by molar-refractivity contribution is 0.0694. The fourth-order valence-electron chi connectivity index (χ4n) is 2.23. The molecule has 2 rings (SSSR count). The monoisotopic (exact) mass is 251 g/mol. The van der Waals surface area contributed by atoms with Gasteiger partial charge in [-0.25, -0.2) is 4.79 Å². The number of thioether (sulfide) groups is 1. The maximum absolute atomic E-state index is 11.4. The van der Waals surface area contributed by atoms with Crippen LogP contribution in [0.15, 0.2) is 23.1 Å². The molecule has 1 saturated heterocycles. The van der Waals surface area contributed by atoms with Gasteiger partial charge in [-0.1, -0.05) is 13.0 Å². The number of rotatable bonds is 4. The number of anilines is 1. The molecular weight excluding hydrogens is 234 g/mol. The second-order valence-electron chi connectivity index (χ2n) is 4.08. The third kappa shape index (κ3) is 2.57. The summed E-state index contributed by atoms with van der Waals surface area (Å²) in [5.74, 6) is 0.0763. The molecule has 1 aromatic carbocycles. The lowest BCUT2D eigenvalue weighted by Crippen LogP contribution is -2.21. The number of carbonyl (C=O) groups is 1. The lowest BCUT2D eigenvalue weighted by Gasteiger charge is -2.21. The van der Waals surface area contributed by atoms with Crippen LogP contribution in [0.25, 0.3) is 0 Å². The minimum Gasteiger partial charge on any atom is -0.478 e. The number of carboxylic acids is 1. The Morgan fingerprint density at radius 3 is 2.71 bits per heavy atom. The van der Waals surface area contributed by atoms with E-state index in [0.29, 0.717) is 5.56 Å². The van der Waals surface area contributed by atoms with Gasteiger partial charge < -0.3 is 10.0 Å². The number of hydrogen-bond donors (Lipinski definition) is 1. The number of nitrogens with zero attached hydrogens (tertiary/aromatic N) is 1. The first-order valence-corrected chi connectivity index (χ1v) is 6.96. The molecule has 0 spiro atoms. The minimum absolute atomic E-state index is 0.473. The Hall–Kier alpha value is -1.16. The van der Waals surface area contributed by atoms with Gasteiger partial charge in [0.05, 0.1) is 11.3 Å². The van der Waals surface area contributed by atoms with Crippen LogP contribution in [0.4, 0.5) is 5.69 Å². The molecule has 1 aliphatic heterocycles. The van der Waals surface area contributed by atoms with Gasteiger partial charge in [0.1, 0.15) is 0 Å². The molecule has 0 unspecified atom stereocenters. The van der Waals surface area contributed by atoms with Crippen LogP contribution in [0.5, 0.6) is 0 Å². The van der Waals surface area contributed by atoms with E-state index >= 15 is 0 Å². The van der Waals surface area contributed by atoms with Crippen molar-refractivity contribution in [3.05, 3.63) is 23.8 Å². The first-order valence-electron chi connectivity index (χ1n) is 5.98. The van der Waals surface area contributed by atoms with Gasteiger partial charge in [0, 0.05) is 18.0 Å². The predicted molar refractivity (Wildman–Crippen MR) is 71.2 cm³/mol. The molecule has 0 atom stereocenters. The Morgan fingerprint density at radius 2 is 2.12 bits per heavy atom. The number of hydrogen-bond acceptors (Lipinski definition) is 3. The quantitative estimate of drug-likeness (QED) is 0.835. The Morgan fingerprint density at radius 1 is 1.41 bits per heavy atom. The van der Waals surface area contributed by atoms with Crippen molar-refractivity contribution in [2.75, 3.05) is 23.7 Å². The second-order valence-corrected chi connectivity index (χ2v) is 5.39. The van der Waals surface area contributed by atoms with E-state index in [1.807, 2.05) is 25.1 Å². The smallest absolute Gasteiger partial charge is 0.338 e. The largest absolute Gasteiger partial charge is 0.478 e. The molecule has 1 aromatic rings. The maximum Gasteiger partial charge on any atom is 0.338 e. The Bertz CT molecular complexity index is 414. The van der Waals surface area contributed by atoms with Crippen molar-refractivity contribution in [1.29, 1.82) is 0 Å². The third-order valence-corrected chi connectivity index (χ3v) is 3.90. The molecule has 0 aromatic heterocycles. The van der Waals surface area contributed by atoms with Crippen LogP contribution in [-0.2, 0) is 0 Å². The molecule has 0 aliphatic carbocycles. The molecule has 92 valence electrons. The van der Waals surface area contributed by atoms with Crippen molar-refractivity contribution in [2.45, 2.75) is 24.7 Å². The zero-order chi connectivity index (χ0) is 12.3. The third-order valence-electron chi connectivity index (χ3n) is 2.96. The van der Waals surface area contributed by atoms with Crippen LogP contribution in [0.3, 0.4) is 0 Å². The number of benzene rings is 1. The van der Waals surface area contributed by atoms with Crippen molar-refractivity contribution < 1.29 is 9.90 Å². The van der Waals surface area contributed by atoms with Crippen molar-refractivity contribution in [3.8, 4) is 0 Å². The van der Waals surface area contributed by atoms with E-state index in [4.69, 9.17) is 0 Å². The summed E-state index contributed by atoms with van der Waals surface area (Å²) >= 11 is 1.60. The second kappa shape index (κ2) is 5.45. The summed E-state index contributed by atoms with van der Waals surface area (Å²) in [6.45, 7) is 3.99. The highest BCUT2D eigenvalue weighted by atomic mass is 32.2. The average Bonchev–Trinajstić information content (AvgIpc) is 2.82. The van der Waals surface area contributed by atoms with E-state index in [1.54, 1.807) is 11.8 Å². The normalized spacial score (nSPS) is 15.2. The van der Waals surface area contributed by atoms with Gasteiger partial charge in [0.25, 0.3) is 0 Å². The van der Waals surface area contributed by atoms with Crippen LogP contribution in [0, 0.1) is 0 Å². The molecule has 1 N–H and O–H groups in total. The highest BCUT2D eigenvalue weighted by Crippen LogP contribution is 2.32. The molecule has 0 radical (unpaired) electrons. The molecule has 1 aliphatic rings. The van der Waals surface area contributed by atoms with Crippen molar-refractivity contribution >= 4 is 23.4 Å². The first kappa shape index (κ1) is 12.3. The molecule has 0 bridgehead atoms. The van der Waals surface area contributed by atoms with Gasteiger partial charge in [-0.2, -0.15) is 0 Å². The molecule has 1 fully saturated rings. The molecule has 0 amide bonds. The SMILES string of the molecule is CCSc1cccc(N2CCCC2)c1C(=O)O. The fraction of sp³-hybridized carbons (Fsp3) is 0.462. The van der Waals surface area contributed by atoms with Crippen molar-refractivity contribution in [1.82, 2.24) is 0 Å². The first-order chi connectivity index (χ1) is 8.24. The standard InChI is InChI=1S/C13H17NO2S/c1-2-17-11-7-5-6-10(12(11)13(15)16)14-8-3-4-9-14/h5-7H,2-4,8-9H2,1H3,(H,15,16). The van der Waals surface area contributed by atoms with Gasteiger partial charge >= 0.3 is 5.97 Å². The summed E-state index contributed by atoms with van der Waals surface area (Å²) in [7, 11) is 0. The summed E-state index contributed by atoms with van der Waals surface area (Å²) in [5.41, 5.74) is 1.36. The van der Waals surface area contributed by atoms with Gasteiger partial charge in [-0.3, -0.25) is 0 Å². The van der Waals surface area contributed by atoms with Crippen LogP contribution < -0.4 is 4.90 Å². The lowest BCUT2D eigenvalue weighted by atomic mass is 10.1. The summed E-state index contributed by atoms with van der Waals surface area (Å²) in [5, 5.41) is 9.39. The summed E-state index contributed by atoms with van der Waals surface area (Å²) in [4.78, 5) is 14.5. The Kier molecular flexibility index (Phi) is 3.94. The van der Waals surface area contributed by atoms with Gasteiger partial charge in [0.15, 0.2) is 0 Å². The van der Waals surface area contributed by atoms with E-state index in [1.165, 1.54) is 0 Å². The Labute approximate surface area is 106 Å².